The summed E-state index contributed by atoms with van der Waals surface area (Å²) in [6, 6.07) is 5.01. The van der Waals surface area contributed by atoms with E-state index in [-0.39, 0.29) is 5.91 Å². The van der Waals surface area contributed by atoms with Gasteiger partial charge in [0.1, 0.15) is 11.3 Å². The molecule has 0 radical (unpaired) electrons. The number of aromatic nitrogens is 5. The molecule has 0 bridgehead atoms. The number of benzene rings is 1. The molecule has 11 heteroatoms. The summed E-state index contributed by atoms with van der Waals surface area (Å²) in [5, 5.41) is 8.16. The molecule has 1 aliphatic rings. The number of nitrogens with two attached hydrogens (primary N) is 1. The Bertz CT molecular complexity index is 1110. The number of carbonyl (C=O) groups is 2. The smallest absolute Gasteiger partial charge is 0.248 e. The average Bonchev–Trinajstić information content (AvgIpc) is 3.26. The maximum absolute atomic E-state index is 12.5. The standard InChI is InChI=1S/C22H28N8O3/c1-2-17-14-25-20(15-24-17)28-6-8-29(9-7-28)21(31)5-11-33-12-10-30-19-13-16(22(23)32)3-4-18(19)26-27-30/h3-4,13-15H,2,5-12H2,1H3,(H2,23,32). The van der Waals surface area contributed by atoms with E-state index in [4.69, 9.17) is 10.5 Å². The number of aryl methyl sites for hydroxylation is 1. The molecule has 174 valence electrons. The minimum atomic E-state index is -0.498. The lowest BCUT2D eigenvalue weighted by molar-refractivity contribution is -0.132. The average molecular weight is 453 g/mol. The van der Waals surface area contributed by atoms with Crippen LogP contribution in [-0.2, 0) is 22.5 Å². The number of carbonyl (C=O) groups excluding carboxylic acids is 2. The summed E-state index contributed by atoms with van der Waals surface area (Å²) in [4.78, 5) is 36.8. The predicted octanol–water partition coefficient (Wildman–Crippen LogP) is 0.638. The molecule has 0 saturated carbocycles. The zero-order valence-corrected chi connectivity index (χ0v) is 18.7. The molecule has 4 rings (SSSR count). The topological polar surface area (TPSA) is 132 Å². The summed E-state index contributed by atoms with van der Waals surface area (Å²) in [7, 11) is 0. The van der Waals surface area contributed by atoms with Crippen LogP contribution in [0.5, 0.6) is 0 Å². The van der Waals surface area contributed by atoms with Gasteiger partial charge in [-0.1, -0.05) is 12.1 Å². The van der Waals surface area contributed by atoms with Crippen molar-refractivity contribution < 1.29 is 14.3 Å². The van der Waals surface area contributed by atoms with E-state index < -0.39 is 5.91 Å². The molecule has 2 amide bonds. The third-order valence-corrected chi connectivity index (χ3v) is 5.72. The van der Waals surface area contributed by atoms with E-state index in [9.17, 15) is 9.59 Å². The van der Waals surface area contributed by atoms with E-state index in [1.54, 1.807) is 29.1 Å². The van der Waals surface area contributed by atoms with Gasteiger partial charge < -0.3 is 20.3 Å². The first-order valence-corrected chi connectivity index (χ1v) is 11.1. The van der Waals surface area contributed by atoms with Crippen LogP contribution in [-0.4, -0.2) is 81.1 Å². The number of hydrogen-bond donors (Lipinski definition) is 1. The molecule has 0 spiro atoms. The second kappa shape index (κ2) is 10.3. The van der Waals surface area contributed by atoms with Crippen molar-refractivity contribution in [2.75, 3.05) is 44.3 Å². The molecule has 0 atom stereocenters. The highest BCUT2D eigenvalue weighted by Gasteiger charge is 2.21. The Kier molecular flexibility index (Phi) is 7.08. The normalized spacial score (nSPS) is 14.1. The highest BCUT2D eigenvalue weighted by atomic mass is 16.5. The summed E-state index contributed by atoms with van der Waals surface area (Å²) in [5.41, 5.74) is 8.12. The van der Waals surface area contributed by atoms with E-state index in [1.165, 1.54) is 0 Å². The van der Waals surface area contributed by atoms with Crippen LogP contribution in [0.2, 0.25) is 0 Å². The molecular weight excluding hydrogens is 424 g/mol. The van der Waals surface area contributed by atoms with Crippen molar-refractivity contribution >= 4 is 28.7 Å². The van der Waals surface area contributed by atoms with Gasteiger partial charge in [-0.25, -0.2) is 9.67 Å². The van der Waals surface area contributed by atoms with Crippen LogP contribution in [0.25, 0.3) is 11.0 Å². The van der Waals surface area contributed by atoms with Gasteiger partial charge in [0, 0.05) is 31.7 Å². The quantitative estimate of drug-likeness (QED) is 0.468. The fourth-order valence-corrected chi connectivity index (χ4v) is 3.73. The summed E-state index contributed by atoms with van der Waals surface area (Å²) in [5.74, 6) is 0.438. The van der Waals surface area contributed by atoms with Gasteiger partial charge in [-0.3, -0.25) is 14.6 Å². The van der Waals surface area contributed by atoms with Crippen LogP contribution in [0.15, 0.2) is 30.6 Å². The number of nitrogens with zero attached hydrogens (tertiary/aromatic N) is 7. The highest BCUT2D eigenvalue weighted by molar-refractivity contribution is 5.96. The van der Waals surface area contributed by atoms with Gasteiger partial charge in [-0.05, 0) is 24.6 Å². The van der Waals surface area contributed by atoms with Crippen LogP contribution in [0, 0.1) is 0 Å². The molecule has 1 fully saturated rings. The molecule has 1 saturated heterocycles. The lowest BCUT2D eigenvalue weighted by atomic mass is 10.2. The van der Waals surface area contributed by atoms with E-state index in [0.29, 0.717) is 50.3 Å². The molecule has 1 aliphatic heterocycles. The largest absolute Gasteiger partial charge is 0.379 e. The van der Waals surface area contributed by atoms with Crippen molar-refractivity contribution in [1.82, 2.24) is 29.9 Å². The number of fused-ring (bicyclic) bond motifs is 1. The molecule has 2 N–H and O–H groups in total. The van der Waals surface area contributed by atoms with Gasteiger partial charge in [0.15, 0.2) is 0 Å². The van der Waals surface area contributed by atoms with Crippen LogP contribution in [0.1, 0.15) is 29.4 Å². The number of ether oxygens (including phenoxy) is 1. The van der Waals surface area contributed by atoms with Gasteiger partial charge in [-0.2, -0.15) is 0 Å². The second-order valence-corrected chi connectivity index (χ2v) is 7.83. The maximum Gasteiger partial charge on any atom is 0.248 e. The zero-order chi connectivity index (χ0) is 23.2. The van der Waals surface area contributed by atoms with E-state index >= 15 is 0 Å². The first-order valence-electron chi connectivity index (χ1n) is 11.1. The van der Waals surface area contributed by atoms with Gasteiger partial charge in [0.2, 0.25) is 11.8 Å². The summed E-state index contributed by atoms with van der Waals surface area (Å²) in [6.07, 6.45) is 4.80. The van der Waals surface area contributed by atoms with Crippen molar-refractivity contribution in [2.24, 2.45) is 5.73 Å². The Morgan fingerprint density at radius 1 is 1.09 bits per heavy atom. The summed E-state index contributed by atoms with van der Waals surface area (Å²) >= 11 is 0. The van der Waals surface area contributed by atoms with Crippen molar-refractivity contribution in [2.45, 2.75) is 26.3 Å². The van der Waals surface area contributed by atoms with Crippen LogP contribution in [0.4, 0.5) is 5.82 Å². The number of piperazine rings is 1. The molecule has 0 unspecified atom stereocenters. The Balaban J connectivity index is 1.18. The molecule has 33 heavy (non-hydrogen) atoms. The SMILES string of the molecule is CCc1cnc(N2CCN(C(=O)CCOCCn3nnc4ccc(C(N)=O)cc43)CC2)cn1. The number of amides is 2. The van der Waals surface area contributed by atoms with Gasteiger partial charge in [0.05, 0.1) is 49.8 Å². The third kappa shape index (κ3) is 5.43. The van der Waals surface area contributed by atoms with Gasteiger partial charge >= 0.3 is 0 Å². The molecule has 2 aromatic heterocycles. The van der Waals surface area contributed by atoms with Crippen LogP contribution < -0.4 is 10.6 Å². The van der Waals surface area contributed by atoms with Crippen molar-refractivity contribution in [1.29, 1.82) is 0 Å². The number of primary amides is 1. The lowest BCUT2D eigenvalue weighted by Gasteiger charge is -2.35. The van der Waals surface area contributed by atoms with Crippen molar-refractivity contribution in [3.05, 3.63) is 41.9 Å². The Labute approximate surface area is 191 Å². The Morgan fingerprint density at radius 2 is 1.91 bits per heavy atom. The van der Waals surface area contributed by atoms with Crippen molar-refractivity contribution in [3.8, 4) is 0 Å². The predicted molar refractivity (Wildman–Crippen MR) is 122 cm³/mol. The number of anilines is 1. The number of rotatable bonds is 9. The molecular formula is C22H28N8O3. The first kappa shape index (κ1) is 22.6. The fraction of sp³-hybridized carbons (Fsp3) is 0.455. The van der Waals surface area contributed by atoms with Gasteiger partial charge in [-0.15, -0.1) is 5.10 Å². The van der Waals surface area contributed by atoms with Crippen LogP contribution >= 0.6 is 0 Å². The molecule has 3 aromatic rings. The Hall–Kier alpha value is -3.60. The zero-order valence-electron chi connectivity index (χ0n) is 18.7. The molecule has 3 heterocycles. The van der Waals surface area contributed by atoms with Gasteiger partial charge in [0.25, 0.3) is 0 Å². The van der Waals surface area contributed by atoms with Crippen molar-refractivity contribution in [3.63, 3.8) is 0 Å². The molecule has 1 aromatic carbocycles. The maximum atomic E-state index is 12.5. The summed E-state index contributed by atoms with van der Waals surface area (Å²) < 4.78 is 7.32. The monoisotopic (exact) mass is 452 g/mol. The fourth-order valence-electron chi connectivity index (χ4n) is 3.73. The second-order valence-electron chi connectivity index (χ2n) is 7.83. The third-order valence-electron chi connectivity index (χ3n) is 5.72. The Morgan fingerprint density at radius 3 is 2.61 bits per heavy atom. The van der Waals surface area contributed by atoms with E-state index in [2.05, 4.69) is 32.1 Å². The van der Waals surface area contributed by atoms with E-state index in [1.807, 2.05) is 11.1 Å². The minimum Gasteiger partial charge on any atom is -0.379 e. The van der Waals surface area contributed by atoms with Crippen LogP contribution in [0.3, 0.4) is 0 Å². The van der Waals surface area contributed by atoms with E-state index in [0.717, 1.165) is 36.5 Å². The molecule has 11 nitrogen and oxygen atoms in total. The summed E-state index contributed by atoms with van der Waals surface area (Å²) in [6.45, 7) is 6.01. The highest BCUT2D eigenvalue weighted by Crippen LogP contribution is 2.14. The first-order chi connectivity index (χ1) is 16.0. The lowest BCUT2D eigenvalue weighted by Crippen LogP contribution is -2.49. The molecule has 0 aliphatic carbocycles. The number of hydrogen-bond acceptors (Lipinski definition) is 8. The minimum absolute atomic E-state index is 0.0828.